The van der Waals surface area contributed by atoms with E-state index in [2.05, 4.69) is 0 Å². The van der Waals surface area contributed by atoms with E-state index >= 15 is 0 Å². The first-order chi connectivity index (χ1) is 19.4. The topological polar surface area (TPSA) is 87.1 Å². The Balaban J connectivity index is 1.61. The first-order valence-corrected chi connectivity index (χ1v) is 13.9. The second kappa shape index (κ2) is 10.8. The fourth-order valence-electron chi connectivity index (χ4n) is 5.42. The molecule has 10 heteroatoms. The predicted molar refractivity (Wildman–Crippen MR) is 150 cm³/mol. The number of pyridine rings is 1. The Kier molecular flexibility index (Phi) is 7.52. The zero-order chi connectivity index (χ0) is 29.6. The smallest absolute Gasteiger partial charge is 0.410 e. The molecule has 3 aromatic rings. The van der Waals surface area contributed by atoms with Crippen molar-refractivity contribution in [3.8, 4) is 16.9 Å². The molecule has 218 valence electrons. The number of aromatic nitrogens is 1. The third-order valence-electron chi connectivity index (χ3n) is 7.41. The van der Waals surface area contributed by atoms with E-state index in [0.29, 0.717) is 24.1 Å². The molecule has 1 aliphatic carbocycles. The highest BCUT2D eigenvalue weighted by atomic mass is 19.3. The van der Waals surface area contributed by atoms with Gasteiger partial charge in [-0.05, 0) is 82.7 Å². The lowest BCUT2D eigenvalue weighted by atomic mass is 9.90. The number of hydrogen-bond acceptors (Lipinski definition) is 6. The van der Waals surface area contributed by atoms with Crippen molar-refractivity contribution >= 4 is 23.0 Å². The maximum atomic E-state index is 13.8. The number of carbonyl (C=O) groups excluding carboxylic acids is 2. The standard InChI is InChI=1S/C31H34F2N2O6/c1-6-39-28(37)24-16-35(20-8-9-20)25-23(26(24)36)12-11-22(27(25)40-29(32)33)18-7-10-21-17(2)34(14-13-19(21)15-18)30(38)41-31(3,4)5/h7,10-12,15-17,20,29H,6,8-9,13-14H2,1-5H3. The van der Waals surface area contributed by atoms with Gasteiger partial charge in [0.2, 0.25) is 5.43 Å². The molecule has 2 aromatic carbocycles. The van der Waals surface area contributed by atoms with Gasteiger partial charge in [0.25, 0.3) is 0 Å². The molecule has 1 fully saturated rings. The maximum absolute atomic E-state index is 13.8. The second-order valence-electron chi connectivity index (χ2n) is 11.5. The van der Waals surface area contributed by atoms with Gasteiger partial charge in [0, 0.05) is 24.3 Å². The summed E-state index contributed by atoms with van der Waals surface area (Å²) in [6.07, 6.45) is 3.14. The molecule has 8 nitrogen and oxygen atoms in total. The van der Waals surface area contributed by atoms with Crippen molar-refractivity contribution in [1.82, 2.24) is 9.47 Å². The van der Waals surface area contributed by atoms with E-state index in [1.165, 1.54) is 6.20 Å². The van der Waals surface area contributed by atoms with E-state index in [1.54, 1.807) is 34.6 Å². The van der Waals surface area contributed by atoms with E-state index in [9.17, 15) is 23.2 Å². The number of carbonyl (C=O) groups is 2. The van der Waals surface area contributed by atoms with Crippen LogP contribution in [0.1, 0.15) is 81.0 Å². The number of fused-ring (bicyclic) bond motifs is 2. The molecular weight excluding hydrogens is 534 g/mol. The largest absolute Gasteiger partial charge is 0.462 e. The van der Waals surface area contributed by atoms with Crippen LogP contribution in [-0.2, 0) is 15.9 Å². The van der Waals surface area contributed by atoms with E-state index < -0.39 is 23.6 Å². The van der Waals surface area contributed by atoms with E-state index in [-0.39, 0.29) is 47.0 Å². The Hall–Kier alpha value is -3.95. The number of hydrogen-bond donors (Lipinski definition) is 0. The van der Waals surface area contributed by atoms with Gasteiger partial charge in [-0.25, -0.2) is 9.59 Å². The summed E-state index contributed by atoms with van der Waals surface area (Å²) in [5, 5.41) is 0.112. The zero-order valence-electron chi connectivity index (χ0n) is 23.8. The summed E-state index contributed by atoms with van der Waals surface area (Å²) in [5.74, 6) is -0.866. The predicted octanol–water partition coefficient (Wildman–Crippen LogP) is 6.64. The minimum Gasteiger partial charge on any atom is -0.462 e. The van der Waals surface area contributed by atoms with Crippen molar-refractivity contribution in [2.24, 2.45) is 0 Å². The molecule has 1 unspecified atom stereocenters. The summed E-state index contributed by atoms with van der Waals surface area (Å²) in [7, 11) is 0. The SMILES string of the molecule is CCOC(=O)c1cn(C2CC2)c2c(OC(F)F)c(-c3ccc4c(c3)CCN(C(=O)OC(C)(C)C)C4C)ccc2c1=O. The maximum Gasteiger partial charge on any atom is 0.410 e. The third kappa shape index (κ3) is 5.64. The van der Waals surface area contributed by atoms with Gasteiger partial charge in [0.15, 0.2) is 5.75 Å². The van der Waals surface area contributed by atoms with Crippen LogP contribution < -0.4 is 10.2 Å². The van der Waals surface area contributed by atoms with Gasteiger partial charge in [0.1, 0.15) is 11.2 Å². The van der Waals surface area contributed by atoms with Crippen LogP contribution in [0.3, 0.4) is 0 Å². The van der Waals surface area contributed by atoms with Crippen LogP contribution in [0.15, 0.2) is 41.3 Å². The Morgan fingerprint density at radius 2 is 1.85 bits per heavy atom. The van der Waals surface area contributed by atoms with Crippen LogP contribution in [-0.4, -0.2) is 46.9 Å². The summed E-state index contributed by atoms with van der Waals surface area (Å²) >= 11 is 0. The molecule has 0 saturated heterocycles. The molecule has 2 aliphatic rings. The number of ether oxygens (including phenoxy) is 3. The highest BCUT2D eigenvalue weighted by molar-refractivity contribution is 5.98. The average Bonchev–Trinajstić information content (AvgIpc) is 3.73. The second-order valence-corrected chi connectivity index (χ2v) is 11.5. The van der Waals surface area contributed by atoms with Crippen LogP contribution in [0.4, 0.5) is 13.6 Å². The molecule has 1 amide bonds. The zero-order valence-corrected chi connectivity index (χ0v) is 23.8. The van der Waals surface area contributed by atoms with Gasteiger partial charge < -0.3 is 23.7 Å². The number of rotatable bonds is 6. The van der Waals surface area contributed by atoms with Crippen LogP contribution in [0, 0.1) is 0 Å². The molecule has 0 bridgehead atoms. The average molecular weight is 569 g/mol. The number of benzene rings is 2. The molecule has 2 heterocycles. The van der Waals surface area contributed by atoms with Gasteiger partial charge in [0.05, 0.1) is 23.6 Å². The quantitative estimate of drug-likeness (QED) is 0.310. The van der Waals surface area contributed by atoms with E-state index in [4.69, 9.17) is 14.2 Å². The van der Waals surface area contributed by atoms with Crippen molar-refractivity contribution in [2.45, 2.75) is 78.2 Å². The number of halogens is 2. The molecule has 41 heavy (non-hydrogen) atoms. The molecule has 0 N–H and O–H groups in total. The van der Waals surface area contributed by atoms with E-state index in [1.807, 2.05) is 39.8 Å². The molecule has 1 aliphatic heterocycles. The van der Waals surface area contributed by atoms with Crippen molar-refractivity contribution < 1.29 is 32.6 Å². The number of nitrogens with zero attached hydrogens (tertiary/aromatic N) is 2. The molecule has 1 saturated carbocycles. The van der Waals surface area contributed by atoms with Crippen LogP contribution in [0.5, 0.6) is 5.75 Å². The summed E-state index contributed by atoms with van der Waals surface area (Å²) in [6.45, 7) is 6.46. The summed E-state index contributed by atoms with van der Waals surface area (Å²) in [4.78, 5) is 40.3. The van der Waals surface area contributed by atoms with Crippen molar-refractivity contribution in [3.63, 3.8) is 0 Å². The normalized spacial score (nSPS) is 17.0. The number of amides is 1. The fourth-order valence-corrected chi connectivity index (χ4v) is 5.42. The third-order valence-corrected chi connectivity index (χ3v) is 7.41. The van der Waals surface area contributed by atoms with Gasteiger partial charge in [-0.1, -0.05) is 18.2 Å². The van der Waals surface area contributed by atoms with E-state index in [0.717, 1.165) is 24.0 Å². The molecule has 1 aromatic heterocycles. The summed E-state index contributed by atoms with van der Waals surface area (Å²) in [6, 6.07) is 8.46. The first kappa shape index (κ1) is 28.6. The lowest BCUT2D eigenvalue weighted by Gasteiger charge is -2.36. The monoisotopic (exact) mass is 568 g/mol. The van der Waals surface area contributed by atoms with Crippen molar-refractivity contribution in [3.05, 3.63) is 63.4 Å². The van der Waals surface area contributed by atoms with Gasteiger partial charge in [-0.2, -0.15) is 8.78 Å². The number of alkyl halides is 2. The Labute approximate surface area is 236 Å². The molecule has 1 atom stereocenters. The van der Waals surface area contributed by atoms with Crippen molar-refractivity contribution in [2.75, 3.05) is 13.2 Å². The van der Waals surface area contributed by atoms with Crippen LogP contribution in [0.25, 0.3) is 22.0 Å². The van der Waals surface area contributed by atoms with Crippen molar-refractivity contribution in [1.29, 1.82) is 0 Å². The first-order valence-electron chi connectivity index (χ1n) is 13.9. The summed E-state index contributed by atoms with van der Waals surface area (Å²) in [5.41, 5.74) is 1.85. The molecule has 5 rings (SSSR count). The Morgan fingerprint density at radius 1 is 1.12 bits per heavy atom. The fraction of sp³-hybridized carbons (Fsp3) is 0.452. The van der Waals surface area contributed by atoms with Gasteiger partial charge in [-0.15, -0.1) is 0 Å². The highest BCUT2D eigenvalue weighted by Crippen LogP contribution is 2.44. The van der Waals surface area contributed by atoms with Crippen LogP contribution >= 0.6 is 0 Å². The van der Waals surface area contributed by atoms with Gasteiger partial charge in [-0.3, -0.25) is 4.79 Å². The lowest BCUT2D eigenvalue weighted by Crippen LogP contribution is -2.42. The lowest BCUT2D eigenvalue weighted by molar-refractivity contribution is -0.0486. The Bertz CT molecular complexity index is 1570. The minimum absolute atomic E-state index is 0.0511. The number of esters is 1. The minimum atomic E-state index is -3.13. The Morgan fingerprint density at radius 3 is 2.49 bits per heavy atom. The summed E-state index contributed by atoms with van der Waals surface area (Å²) < 4.78 is 45.1. The molecule has 0 spiro atoms. The van der Waals surface area contributed by atoms with Gasteiger partial charge >= 0.3 is 18.7 Å². The van der Waals surface area contributed by atoms with Crippen LogP contribution in [0.2, 0.25) is 0 Å². The highest BCUT2D eigenvalue weighted by Gasteiger charge is 2.33. The molecular formula is C31H34F2N2O6. The molecule has 0 radical (unpaired) electrons.